The van der Waals surface area contributed by atoms with E-state index in [2.05, 4.69) is 56.7 Å². The molecule has 4 aromatic heterocycles. The molecule has 1 aliphatic rings. The highest BCUT2D eigenvalue weighted by Gasteiger charge is 2.51. The standard InChI is InChI=1S/C13H18BN5O2.C13H10FN5O.C6H4BrFO/c1-12(2)13(3,4)21-14(20-12)9-6-7-10(15-8-9)11-16-18-19(5)17-11;1-19-17-13(16-18-19)12-5-2-8(7-15-12)10-4-3-9(20)6-11(10)14;7-5-2-1-4(9)3-6(5)8/h6-8H,1-5H3;2-7,20H,1H3;1-3,9H. The molecule has 0 spiro atoms. The maximum Gasteiger partial charge on any atom is 0.496 e. The van der Waals surface area contributed by atoms with Gasteiger partial charge in [0, 0.05) is 41.1 Å². The molecule has 18 heteroatoms. The number of tetrazole rings is 2. The SMILES string of the molecule is Cn1nnc(-c2ccc(-c3ccc(O)cc3F)cn2)n1.Cn1nnc(-c2ccc(B3OC(C)(C)C(C)(C)O3)cn2)n1.Oc1ccc(Br)c(F)c1. The Bertz CT molecular complexity index is 2060. The van der Waals surface area contributed by atoms with E-state index in [9.17, 15) is 13.9 Å². The molecule has 0 bridgehead atoms. The highest BCUT2D eigenvalue weighted by molar-refractivity contribution is 9.10. The van der Waals surface area contributed by atoms with Crippen LogP contribution in [0.4, 0.5) is 8.78 Å². The van der Waals surface area contributed by atoms with Gasteiger partial charge in [-0.15, -0.1) is 20.4 Å². The van der Waals surface area contributed by atoms with Gasteiger partial charge in [-0.05, 0) is 90.4 Å². The van der Waals surface area contributed by atoms with Gasteiger partial charge in [-0.3, -0.25) is 9.97 Å². The lowest BCUT2D eigenvalue weighted by molar-refractivity contribution is 0.00578. The lowest BCUT2D eigenvalue weighted by Gasteiger charge is -2.32. The van der Waals surface area contributed by atoms with E-state index in [1.165, 1.54) is 40.1 Å². The molecule has 258 valence electrons. The predicted octanol–water partition coefficient (Wildman–Crippen LogP) is 4.65. The van der Waals surface area contributed by atoms with Crippen molar-refractivity contribution in [3.8, 4) is 45.7 Å². The molecule has 14 nitrogen and oxygen atoms in total. The fraction of sp³-hybridized carbons (Fsp3) is 0.250. The summed E-state index contributed by atoms with van der Waals surface area (Å²) in [6, 6.07) is 15.1. The number of aromatic hydroxyl groups is 2. The van der Waals surface area contributed by atoms with Crippen LogP contribution in [0.15, 0.2) is 77.5 Å². The van der Waals surface area contributed by atoms with Gasteiger partial charge < -0.3 is 19.5 Å². The molecule has 0 radical (unpaired) electrons. The van der Waals surface area contributed by atoms with Crippen LogP contribution in [0.1, 0.15) is 27.7 Å². The topological polar surface area (TPSA) is 172 Å². The molecule has 0 unspecified atom stereocenters. The number of pyridine rings is 2. The Morgan fingerprint density at radius 1 is 0.700 bits per heavy atom. The number of halogens is 3. The van der Waals surface area contributed by atoms with E-state index in [4.69, 9.17) is 14.4 Å². The molecule has 6 aromatic rings. The number of hydrogen-bond acceptors (Lipinski definition) is 12. The molecule has 7 rings (SSSR count). The minimum Gasteiger partial charge on any atom is -0.508 e. The van der Waals surface area contributed by atoms with Crippen molar-refractivity contribution in [2.45, 2.75) is 38.9 Å². The van der Waals surface area contributed by atoms with E-state index in [1.54, 1.807) is 32.4 Å². The van der Waals surface area contributed by atoms with Crippen molar-refractivity contribution in [3.05, 3.63) is 89.2 Å². The van der Waals surface area contributed by atoms with E-state index in [0.717, 1.165) is 17.6 Å². The number of hydrogen-bond donors (Lipinski definition) is 2. The zero-order valence-electron chi connectivity index (χ0n) is 27.8. The molecular weight excluding hydrogens is 717 g/mol. The summed E-state index contributed by atoms with van der Waals surface area (Å²) in [7, 11) is 2.97. The Morgan fingerprint density at radius 3 is 1.64 bits per heavy atom. The minimum atomic E-state index is -0.503. The van der Waals surface area contributed by atoms with Crippen molar-refractivity contribution in [2.24, 2.45) is 14.1 Å². The van der Waals surface area contributed by atoms with E-state index < -0.39 is 18.8 Å². The smallest absolute Gasteiger partial charge is 0.496 e. The fourth-order valence-electron chi connectivity index (χ4n) is 4.34. The van der Waals surface area contributed by atoms with Gasteiger partial charge in [0.2, 0.25) is 11.6 Å². The van der Waals surface area contributed by atoms with Crippen LogP contribution in [0.3, 0.4) is 0 Å². The average Bonchev–Trinajstić information content (AvgIpc) is 3.76. The van der Waals surface area contributed by atoms with Crippen LogP contribution in [-0.4, -0.2) is 78.9 Å². The van der Waals surface area contributed by atoms with Gasteiger partial charge in [-0.1, -0.05) is 12.1 Å². The summed E-state index contributed by atoms with van der Waals surface area (Å²) >= 11 is 2.94. The lowest BCUT2D eigenvalue weighted by Crippen LogP contribution is -2.41. The Balaban J connectivity index is 0.000000157. The third-order valence-electron chi connectivity index (χ3n) is 7.72. The Morgan fingerprint density at radius 2 is 1.22 bits per heavy atom. The monoisotopic (exact) mass is 748 g/mol. The first-order chi connectivity index (χ1) is 23.6. The van der Waals surface area contributed by atoms with Crippen molar-refractivity contribution in [3.63, 3.8) is 0 Å². The quantitative estimate of drug-likeness (QED) is 0.240. The molecule has 5 heterocycles. The first kappa shape index (κ1) is 36.1. The second-order valence-electron chi connectivity index (χ2n) is 12.0. The third-order valence-corrected chi connectivity index (χ3v) is 8.36. The Labute approximate surface area is 294 Å². The number of rotatable bonds is 4. The van der Waals surface area contributed by atoms with Crippen LogP contribution in [0, 0.1) is 11.6 Å². The summed E-state index contributed by atoms with van der Waals surface area (Å²) in [5.74, 6) is -0.217. The highest BCUT2D eigenvalue weighted by Crippen LogP contribution is 2.36. The normalized spacial score (nSPS) is 14.4. The summed E-state index contributed by atoms with van der Waals surface area (Å²) < 4.78 is 38.5. The third kappa shape index (κ3) is 8.50. The number of nitrogens with zero attached hydrogens (tertiary/aromatic N) is 10. The van der Waals surface area contributed by atoms with Crippen LogP contribution < -0.4 is 5.46 Å². The predicted molar refractivity (Wildman–Crippen MR) is 183 cm³/mol. The number of benzene rings is 2. The molecule has 0 atom stereocenters. The van der Waals surface area contributed by atoms with Gasteiger partial charge in [-0.25, -0.2) is 8.78 Å². The van der Waals surface area contributed by atoms with Crippen molar-refractivity contribution >= 4 is 28.5 Å². The van der Waals surface area contributed by atoms with Gasteiger partial charge in [-0.2, -0.15) is 9.59 Å². The largest absolute Gasteiger partial charge is 0.508 e. The second kappa shape index (κ2) is 14.7. The van der Waals surface area contributed by atoms with Gasteiger partial charge in [0.25, 0.3) is 0 Å². The Kier molecular flexibility index (Phi) is 10.6. The Hall–Kier alpha value is -5.20. The number of phenols is 2. The van der Waals surface area contributed by atoms with Crippen LogP contribution in [0.2, 0.25) is 0 Å². The fourth-order valence-corrected chi connectivity index (χ4v) is 4.58. The first-order valence-corrected chi connectivity index (χ1v) is 15.8. The van der Waals surface area contributed by atoms with Crippen LogP contribution in [-0.2, 0) is 23.4 Å². The summed E-state index contributed by atoms with van der Waals surface area (Å²) in [5, 5.41) is 41.3. The van der Waals surface area contributed by atoms with E-state index in [1.807, 2.05) is 39.8 Å². The molecule has 0 saturated carbocycles. The number of phenolic OH excluding ortho intramolecular Hbond substituents is 2. The maximum absolute atomic E-state index is 13.7. The van der Waals surface area contributed by atoms with Crippen molar-refractivity contribution in [2.75, 3.05) is 0 Å². The second-order valence-corrected chi connectivity index (χ2v) is 12.8. The molecule has 0 aliphatic carbocycles. The first-order valence-electron chi connectivity index (χ1n) is 15.0. The van der Waals surface area contributed by atoms with Gasteiger partial charge >= 0.3 is 7.12 Å². The lowest BCUT2D eigenvalue weighted by atomic mass is 9.80. The van der Waals surface area contributed by atoms with Gasteiger partial charge in [0.1, 0.15) is 34.5 Å². The van der Waals surface area contributed by atoms with Crippen molar-refractivity contribution in [1.29, 1.82) is 0 Å². The summed E-state index contributed by atoms with van der Waals surface area (Å²) in [6.07, 6.45) is 3.26. The summed E-state index contributed by atoms with van der Waals surface area (Å²) in [6.45, 7) is 8.10. The molecular formula is C32H32BBrF2N10O4. The average molecular weight is 749 g/mol. The van der Waals surface area contributed by atoms with Gasteiger partial charge in [0.05, 0.1) is 29.8 Å². The van der Waals surface area contributed by atoms with Crippen LogP contribution in [0.5, 0.6) is 11.5 Å². The summed E-state index contributed by atoms with van der Waals surface area (Å²) in [4.78, 5) is 11.3. The van der Waals surface area contributed by atoms with E-state index >= 15 is 0 Å². The molecule has 2 N–H and O–H groups in total. The zero-order chi connectivity index (χ0) is 36.2. The van der Waals surface area contributed by atoms with Crippen molar-refractivity contribution in [1.82, 2.24) is 50.4 Å². The van der Waals surface area contributed by atoms with E-state index in [-0.39, 0.29) is 22.7 Å². The molecule has 0 amide bonds. The van der Waals surface area contributed by atoms with Crippen molar-refractivity contribution < 1.29 is 28.3 Å². The number of aryl methyl sites for hydroxylation is 2. The molecule has 2 aromatic carbocycles. The highest BCUT2D eigenvalue weighted by atomic mass is 79.9. The van der Waals surface area contributed by atoms with E-state index in [0.29, 0.717) is 38.6 Å². The molecule has 1 fully saturated rings. The van der Waals surface area contributed by atoms with Crippen LogP contribution >= 0.6 is 15.9 Å². The molecule has 50 heavy (non-hydrogen) atoms. The number of aromatic nitrogens is 10. The molecule has 1 saturated heterocycles. The maximum atomic E-state index is 13.7. The van der Waals surface area contributed by atoms with Crippen LogP contribution in [0.25, 0.3) is 34.2 Å². The molecule has 1 aliphatic heterocycles. The minimum absolute atomic E-state index is 0.0595. The zero-order valence-corrected chi connectivity index (χ0v) is 29.4. The van der Waals surface area contributed by atoms with Gasteiger partial charge in [0.15, 0.2) is 0 Å². The summed E-state index contributed by atoms with van der Waals surface area (Å²) in [5.41, 5.74) is 2.36.